The van der Waals surface area contributed by atoms with Crippen LogP contribution in [0.25, 0.3) is 0 Å². The topological polar surface area (TPSA) is 105 Å². The number of aliphatic hydroxyl groups excluding tert-OH is 1. The number of carbonyl (C=O) groups excluding carboxylic acids is 1. The monoisotopic (exact) mass is 551 g/mol. The Labute approximate surface area is 227 Å². The summed E-state index contributed by atoms with van der Waals surface area (Å²) in [7, 11) is 1.26. The van der Waals surface area contributed by atoms with E-state index in [0.717, 1.165) is 19.3 Å². The van der Waals surface area contributed by atoms with Crippen LogP contribution in [0.5, 0.6) is 0 Å². The van der Waals surface area contributed by atoms with Gasteiger partial charge in [-0.1, -0.05) is 110 Å². The van der Waals surface area contributed by atoms with Gasteiger partial charge in [0, 0.05) is 6.42 Å². The molecule has 0 aromatic heterocycles. The predicted molar refractivity (Wildman–Crippen MR) is 148 cm³/mol. The molecule has 0 aliphatic heterocycles. The third kappa shape index (κ3) is 28.3. The quantitative estimate of drug-likeness (QED) is 0.0566. The van der Waals surface area contributed by atoms with Gasteiger partial charge in [0.05, 0.1) is 27.7 Å². The minimum Gasteiger partial charge on any atom is -0.756 e. The van der Waals surface area contributed by atoms with Crippen LogP contribution in [-0.2, 0) is 23.1 Å². The standard InChI is InChI=1S/C28H58NO7P/c1-5-6-7-8-9-10-11-12-13-14-15-16-17-18-19-20-21-22-28(31)34-25-27(30)26-36-37(32,33)35-24-23-29(2,3)4/h27,30H,5-26H2,1-4H3/t27-/m1/s1. The van der Waals surface area contributed by atoms with Crippen molar-refractivity contribution in [3.05, 3.63) is 0 Å². The van der Waals surface area contributed by atoms with Crippen molar-refractivity contribution in [1.29, 1.82) is 0 Å². The van der Waals surface area contributed by atoms with E-state index in [1.165, 1.54) is 89.9 Å². The number of phosphoric acid groups is 1. The van der Waals surface area contributed by atoms with E-state index >= 15 is 0 Å². The van der Waals surface area contributed by atoms with Gasteiger partial charge in [-0.05, 0) is 6.42 Å². The third-order valence-electron chi connectivity index (χ3n) is 6.36. The lowest BCUT2D eigenvalue weighted by atomic mass is 10.0. The first-order valence-corrected chi connectivity index (χ1v) is 16.3. The number of carbonyl (C=O) groups is 1. The second-order valence-electron chi connectivity index (χ2n) is 11.3. The number of aliphatic hydroxyl groups is 1. The van der Waals surface area contributed by atoms with Gasteiger partial charge in [-0.3, -0.25) is 9.36 Å². The molecule has 0 saturated heterocycles. The van der Waals surface area contributed by atoms with E-state index in [1.54, 1.807) is 0 Å². The fourth-order valence-electron chi connectivity index (χ4n) is 3.94. The highest BCUT2D eigenvalue weighted by atomic mass is 31.2. The summed E-state index contributed by atoms with van der Waals surface area (Å²) < 4.78 is 26.7. The maximum absolute atomic E-state index is 11.8. The zero-order valence-electron chi connectivity index (χ0n) is 24.4. The summed E-state index contributed by atoms with van der Waals surface area (Å²) in [5.41, 5.74) is 0. The summed E-state index contributed by atoms with van der Waals surface area (Å²) in [6, 6.07) is 0. The number of phosphoric ester groups is 1. The molecule has 0 aromatic rings. The van der Waals surface area contributed by atoms with Crippen molar-refractivity contribution in [2.24, 2.45) is 0 Å². The molecule has 1 unspecified atom stereocenters. The second-order valence-corrected chi connectivity index (χ2v) is 12.7. The smallest absolute Gasteiger partial charge is 0.305 e. The van der Waals surface area contributed by atoms with Gasteiger partial charge in [-0.2, -0.15) is 0 Å². The van der Waals surface area contributed by atoms with Crippen molar-refractivity contribution in [2.45, 2.75) is 129 Å². The van der Waals surface area contributed by atoms with Crippen molar-refractivity contribution in [3.8, 4) is 0 Å². The van der Waals surface area contributed by atoms with Crippen LogP contribution in [-0.4, -0.2) is 69.2 Å². The number of hydrogen-bond donors (Lipinski definition) is 1. The van der Waals surface area contributed by atoms with Gasteiger partial charge in [0.1, 0.15) is 25.9 Å². The molecule has 8 nitrogen and oxygen atoms in total. The summed E-state index contributed by atoms with van der Waals surface area (Å²) in [6.45, 7) is 1.96. The molecule has 0 radical (unpaired) electrons. The van der Waals surface area contributed by atoms with E-state index in [1.807, 2.05) is 21.1 Å². The molecule has 0 aliphatic carbocycles. The first-order chi connectivity index (χ1) is 17.6. The molecule has 0 bridgehead atoms. The molecule has 2 atom stereocenters. The van der Waals surface area contributed by atoms with Gasteiger partial charge in [0.2, 0.25) is 0 Å². The Morgan fingerprint density at radius 3 is 1.62 bits per heavy atom. The van der Waals surface area contributed by atoms with E-state index in [-0.39, 0.29) is 19.2 Å². The average molecular weight is 552 g/mol. The van der Waals surface area contributed by atoms with Crippen molar-refractivity contribution in [3.63, 3.8) is 0 Å². The Bertz CT molecular complexity index is 583. The summed E-state index contributed by atoms with van der Waals surface area (Å²) in [5.74, 6) is -0.385. The number of esters is 1. The van der Waals surface area contributed by atoms with Gasteiger partial charge < -0.3 is 28.3 Å². The largest absolute Gasteiger partial charge is 0.756 e. The fraction of sp³-hybridized carbons (Fsp3) is 0.964. The van der Waals surface area contributed by atoms with Crippen molar-refractivity contribution in [1.82, 2.24) is 0 Å². The number of unbranched alkanes of at least 4 members (excludes halogenated alkanes) is 16. The number of hydrogen-bond acceptors (Lipinski definition) is 7. The fourth-order valence-corrected chi connectivity index (χ4v) is 4.68. The van der Waals surface area contributed by atoms with Crippen LogP contribution < -0.4 is 4.89 Å². The highest BCUT2D eigenvalue weighted by Gasteiger charge is 2.16. The van der Waals surface area contributed by atoms with Crippen LogP contribution in [0.3, 0.4) is 0 Å². The van der Waals surface area contributed by atoms with Crippen molar-refractivity contribution in [2.75, 3.05) is 47.5 Å². The van der Waals surface area contributed by atoms with E-state index < -0.39 is 20.5 Å². The van der Waals surface area contributed by atoms with Gasteiger partial charge in [0.25, 0.3) is 7.82 Å². The minimum atomic E-state index is -4.49. The Morgan fingerprint density at radius 2 is 1.19 bits per heavy atom. The van der Waals surface area contributed by atoms with Gasteiger partial charge >= 0.3 is 5.97 Å². The summed E-state index contributed by atoms with van der Waals surface area (Å²) in [4.78, 5) is 23.5. The predicted octanol–water partition coefficient (Wildman–Crippen LogP) is 6.14. The number of rotatable bonds is 27. The maximum atomic E-state index is 11.8. The van der Waals surface area contributed by atoms with Crippen LogP contribution in [0.4, 0.5) is 0 Å². The first-order valence-electron chi connectivity index (χ1n) is 14.8. The molecule has 0 amide bonds. The van der Waals surface area contributed by atoms with Crippen LogP contribution in [0, 0.1) is 0 Å². The number of nitrogens with zero attached hydrogens (tertiary/aromatic N) is 1. The normalized spacial score (nSPS) is 14.4. The van der Waals surface area contributed by atoms with E-state index in [2.05, 4.69) is 11.4 Å². The lowest BCUT2D eigenvalue weighted by Crippen LogP contribution is -2.37. The second kappa shape index (κ2) is 23.4. The van der Waals surface area contributed by atoms with E-state index in [9.17, 15) is 19.4 Å². The molecule has 0 fully saturated rings. The molecule has 1 N–H and O–H groups in total. The average Bonchev–Trinajstić information content (AvgIpc) is 2.82. The van der Waals surface area contributed by atoms with Crippen LogP contribution in [0.1, 0.15) is 122 Å². The lowest BCUT2D eigenvalue weighted by molar-refractivity contribution is -0.870. The van der Waals surface area contributed by atoms with Gasteiger partial charge in [-0.25, -0.2) is 0 Å². The molecule has 37 heavy (non-hydrogen) atoms. The molecule has 0 saturated carbocycles. The van der Waals surface area contributed by atoms with Crippen molar-refractivity contribution < 1.29 is 37.6 Å². The van der Waals surface area contributed by atoms with Gasteiger partial charge in [0.15, 0.2) is 0 Å². The Balaban J connectivity index is 3.48. The van der Waals surface area contributed by atoms with Gasteiger partial charge in [-0.15, -0.1) is 0 Å². The third-order valence-corrected chi connectivity index (χ3v) is 7.32. The molecule has 222 valence electrons. The number of ether oxygens (including phenoxy) is 1. The number of likely N-dealkylation sites (N-methyl/N-ethyl adjacent to an activating group) is 1. The molecular weight excluding hydrogens is 493 g/mol. The number of quaternary nitrogens is 1. The minimum absolute atomic E-state index is 0.00524. The summed E-state index contributed by atoms with van der Waals surface area (Å²) in [5, 5.41) is 9.82. The highest BCUT2D eigenvalue weighted by molar-refractivity contribution is 7.45. The Kier molecular flexibility index (Phi) is 23.1. The molecule has 9 heteroatoms. The molecule has 0 aromatic carbocycles. The first kappa shape index (κ1) is 36.5. The van der Waals surface area contributed by atoms with Crippen LogP contribution in [0.15, 0.2) is 0 Å². The molecule has 0 spiro atoms. The zero-order chi connectivity index (χ0) is 27.8. The summed E-state index contributed by atoms with van der Waals surface area (Å²) in [6.07, 6.45) is 20.9. The maximum Gasteiger partial charge on any atom is 0.305 e. The Morgan fingerprint density at radius 1 is 0.757 bits per heavy atom. The summed E-state index contributed by atoms with van der Waals surface area (Å²) >= 11 is 0. The SMILES string of the molecule is CCCCCCCCCCCCCCCCCCCC(=O)OC[C@@H](O)COP(=O)([O-])OCC[N+](C)(C)C. The molecule has 0 heterocycles. The van der Waals surface area contributed by atoms with E-state index in [0.29, 0.717) is 17.4 Å². The zero-order valence-corrected chi connectivity index (χ0v) is 25.3. The van der Waals surface area contributed by atoms with Crippen LogP contribution >= 0.6 is 7.82 Å². The molecular formula is C28H58NO7P. The Hall–Kier alpha value is -0.500. The lowest BCUT2D eigenvalue weighted by Gasteiger charge is -2.27. The van der Waals surface area contributed by atoms with E-state index in [4.69, 9.17) is 9.26 Å². The molecule has 0 rings (SSSR count). The molecule has 0 aliphatic rings. The van der Waals surface area contributed by atoms with Crippen molar-refractivity contribution >= 4 is 13.8 Å². The van der Waals surface area contributed by atoms with Crippen LogP contribution in [0.2, 0.25) is 0 Å². The highest BCUT2D eigenvalue weighted by Crippen LogP contribution is 2.38.